The van der Waals surface area contributed by atoms with Gasteiger partial charge in [-0.3, -0.25) is 4.79 Å². The molecule has 2 rings (SSSR count). The van der Waals surface area contributed by atoms with Gasteiger partial charge in [-0.1, -0.05) is 18.2 Å². The molecule has 0 spiro atoms. The molecule has 0 radical (unpaired) electrons. The van der Waals surface area contributed by atoms with Crippen LogP contribution < -0.4 is 4.74 Å². The van der Waals surface area contributed by atoms with E-state index >= 15 is 0 Å². The molecule has 1 aromatic carbocycles. The van der Waals surface area contributed by atoms with Crippen LogP contribution in [-0.2, 0) is 4.79 Å². The Morgan fingerprint density at radius 3 is 2.39 bits per heavy atom. The van der Waals surface area contributed by atoms with E-state index in [0.29, 0.717) is 12.8 Å². The van der Waals surface area contributed by atoms with Crippen LogP contribution in [0.3, 0.4) is 0 Å². The molecule has 1 aliphatic carbocycles. The van der Waals surface area contributed by atoms with Crippen molar-refractivity contribution >= 4 is 5.97 Å². The van der Waals surface area contributed by atoms with Gasteiger partial charge in [-0.05, 0) is 30.9 Å². The number of hydrogen-bond acceptors (Lipinski definition) is 2. The molecule has 1 aromatic rings. The summed E-state index contributed by atoms with van der Waals surface area (Å²) in [4.78, 5) is 11.5. The standard InChI is InChI=1S/C13H13F3O2/c14-13(15,16)11(9-6-7-9)8-12(17)18-10-4-2-1-3-5-10/h1-5,9,11H,6-8H2/t11-/m0/s1. The lowest BCUT2D eigenvalue weighted by Crippen LogP contribution is -2.28. The molecule has 0 N–H and O–H groups in total. The molecule has 0 amide bonds. The summed E-state index contributed by atoms with van der Waals surface area (Å²) in [5.41, 5.74) is 0. The maximum absolute atomic E-state index is 12.7. The minimum atomic E-state index is -4.32. The summed E-state index contributed by atoms with van der Waals surface area (Å²) in [5, 5.41) is 0. The van der Waals surface area contributed by atoms with Crippen LogP contribution in [0.15, 0.2) is 30.3 Å². The second kappa shape index (κ2) is 5.00. The first-order valence-electron chi connectivity index (χ1n) is 5.79. The number of halogens is 3. The summed E-state index contributed by atoms with van der Waals surface area (Å²) < 4.78 is 43.0. The van der Waals surface area contributed by atoms with Crippen LogP contribution in [0, 0.1) is 11.8 Å². The number of carbonyl (C=O) groups is 1. The molecule has 18 heavy (non-hydrogen) atoms. The lowest BCUT2D eigenvalue weighted by atomic mass is 9.99. The van der Waals surface area contributed by atoms with E-state index in [4.69, 9.17) is 4.74 Å². The second-order valence-electron chi connectivity index (χ2n) is 4.48. The third kappa shape index (κ3) is 3.48. The highest BCUT2D eigenvalue weighted by molar-refractivity contribution is 5.72. The van der Waals surface area contributed by atoms with Crippen molar-refractivity contribution in [3.8, 4) is 5.75 Å². The van der Waals surface area contributed by atoms with Gasteiger partial charge in [-0.25, -0.2) is 0 Å². The third-order valence-corrected chi connectivity index (χ3v) is 2.97. The molecular formula is C13H13F3O2. The minimum Gasteiger partial charge on any atom is -0.427 e. The molecule has 5 heteroatoms. The van der Waals surface area contributed by atoms with Crippen molar-refractivity contribution in [2.45, 2.75) is 25.4 Å². The van der Waals surface area contributed by atoms with Gasteiger partial charge in [-0.15, -0.1) is 0 Å². The molecule has 2 nitrogen and oxygen atoms in total. The molecule has 1 atom stereocenters. The van der Waals surface area contributed by atoms with Crippen molar-refractivity contribution in [2.24, 2.45) is 11.8 Å². The molecule has 0 aliphatic heterocycles. The van der Waals surface area contributed by atoms with Gasteiger partial charge in [0.15, 0.2) is 0 Å². The quantitative estimate of drug-likeness (QED) is 0.609. The summed E-state index contributed by atoms with van der Waals surface area (Å²) in [6.07, 6.45) is -3.83. The fraction of sp³-hybridized carbons (Fsp3) is 0.462. The highest BCUT2D eigenvalue weighted by atomic mass is 19.4. The Morgan fingerprint density at radius 1 is 1.28 bits per heavy atom. The first-order chi connectivity index (χ1) is 8.47. The zero-order valence-electron chi connectivity index (χ0n) is 9.61. The van der Waals surface area contributed by atoms with Gasteiger partial charge in [0.2, 0.25) is 0 Å². The van der Waals surface area contributed by atoms with Crippen molar-refractivity contribution in [3.05, 3.63) is 30.3 Å². The van der Waals surface area contributed by atoms with Crippen molar-refractivity contribution in [2.75, 3.05) is 0 Å². The summed E-state index contributed by atoms with van der Waals surface area (Å²) in [6, 6.07) is 8.13. The van der Waals surface area contributed by atoms with E-state index in [1.807, 2.05) is 0 Å². The zero-order valence-corrected chi connectivity index (χ0v) is 9.61. The van der Waals surface area contributed by atoms with Crippen LogP contribution in [0.5, 0.6) is 5.75 Å². The molecule has 0 saturated heterocycles. The maximum atomic E-state index is 12.7. The molecule has 0 unspecified atom stereocenters. The lowest BCUT2D eigenvalue weighted by Gasteiger charge is -2.18. The van der Waals surface area contributed by atoms with E-state index in [-0.39, 0.29) is 5.75 Å². The second-order valence-corrected chi connectivity index (χ2v) is 4.48. The van der Waals surface area contributed by atoms with E-state index in [1.165, 1.54) is 12.1 Å². The number of benzene rings is 1. The van der Waals surface area contributed by atoms with Gasteiger partial charge in [0.1, 0.15) is 5.75 Å². The van der Waals surface area contributed by atoms with Gasteiger partial charge in [0, 0.05) is 0 Å². The Hall–Kier alpha value is -1.52. The summed E-state index contributed by atoms with van der Waals surface area (Å²) in [5.74, 6) is -2.52. The number of para-hydroxylation sites is 1. The Morgan fingerprint density at radius 2 is 1.89 bits per heavy atom. The molecular weight excluding hydrogens is 245 g/mol. The first-order valence-corrected chi connectivity index (χ1v) is 5.79. The highest BCUT2D eigenvalue weighted by Crippen LogP contribution is 2.46. The Balaban J connectivity index is 1.93. The van der Waals surface area contributed by atoms with Gasteiger partial charge in [-0.2, -0.15) is 13.2 Å². The number of esters is 1. The molecule has 1 fully saturated rings. The summed E-state index contributed by atoms with van der Waals surface area (Å²) >= 11 is 0. The van der Waals surface area contributed by atoms with Crippen LogP contribution in [0.25, 0.3) is 0 Å². The van der Waals surface area contributed by atoms with Crippen LogP contribution >= 0.6 is 0 Å². The van der Waals surface area contributed by atoms with Gasteiger partial charge in [0.25, 0.3) is 0 Å². The Kier molecular flexibility index (Phi) is 3.59. The maximum Gasteiger partial charge on any atom is 0.392 e. The zero-order chi connectivity index (χ0) is 13.2. The van der Waals surface area contributed by atoms with Gasteiger partial charge < -0.3 is 4.74 Å². The van der Waals surface area contributed by atoms with Crippen LogP contribution in [0.2, 0.25) is 0 Å². The van der Waals surface area contributed by atoms with E-state index in [9.17, 15) is 18.0 Å². The van der Waals surface area contributed by atoms with Crippen LogP contribution in [0.1, 0.15) is 19.3 Å². The largest absolute Gasteiger partial charge is 0.427 e. The fourth-order valence-corrected chi connectivity index (χ4v) is 1.89. The van der Waals surface area contributed by atoms with Gasteiger partial charge >= 0.3 is 12.1 Å². The lowest BCUT2D eigenvalue weighted by molar-refractivity contribution is -0.187. The molecule has 1 aliphatic rings. The summed E-state index contributed by atoms with van der Waals surface area (Å²) in [6.45, 7) is 0. The fourth-order valence-electron chi connectivity index (χ4n) is 1.89. The molecule has 98 valence electrons. The predicted molar refractivity (Wildman–Crippen MR) is 59.0 cm³/mol. The smallest absolute Gasteiger partial charge is 0.392 e. The van der Waals surface area contributed by atoms with Crippen LogP contribution in [0.4, 0.5) is 13.2 Å². The first kappa shape index (κ1) is 12.9. The average molecular weight is 258 g/mol. The SMILES string of the molecule is O=C(C[C@@H](C1CC1)C(F)(F)F)Oc1ccccc1. The summed E-state index contributed by atoms with van der Waals surface area (Å²) in [7, 11) is 0. The van der Waals surface area contributed by atoms with E-state index in [2.05, 4.69) is 0 Å². The van der Waals surface area contributed by atoms with Crippen LogP contribution in [-0.4, -0.2) is 12.1 Å². The van der Waals surface area contributed by atoms with E-state index < -0.39 is 30.4 Å². The number of ether oxygens (including phenoxy) is 1. The van der Waals surface area contributed by atoms with Crippen molar-refractivity contribution in [1.29, 1.82) is 0 Å². The van der Waals surface area contributed by atoms with E-state index in [0.717, 1.165) is 0 Å². The highest BCUT2D eigenvalue weighted by Gasteiger charge is 2.49. The van der Waals surface area contributed by atoms with Gasteiger partial charge in [0.05, 0.1) is 12.3 Å². The number of rotatable bonds is 4. The minimum absolute atomic E-state index is 0.277. The average Bonchev–Trinajstić information content (AvgIpc) is 3.09. The molecule has 0 aromatic heterocycles. The number of hydrogen-bond donors (Lipinski definition) is 0. The number of carbonyl (C=O) groups excluding carboxylic acids is 1. The van der Waals surface area contributed by atoms with Crippen molar-refractivity contribution in [3.63, 3.8) is 0 Å². The monoisotopic (exact) mass is 258 g/mol. The number of alkyl halides is 3. The normalized spacial score (nSPS) is 17.3. The molecule has 1 saturated carbocycles. The third-order valence-electron chi connectivity index (χ3n) is 2.97. The topological polar surface area (TPSA) is 26.3 Å². The Bertz CT molecular complexity index is 410. The van der Waals surface area contributed by atoms with Crippen molar-refractivity contribution in [1.82, 2.24) is 0 Å². The predicted octanol–water partition coefficient (Wildman–Crippen LogP) is 3.57. The molecule has 0 heterocycles. The van der Waals surface area contributed by atoms with Crippen molar-refractivity contribution < 1.29 is 22.7 Å². The Labute approximate surface area is 103 Å². The molecule has 0 bridgehead atoms. The van der Waals surface area contributed by atoms with E-state index in [1.54, 1.807) is 18.2 Å².